The number of benzene rings is 2. The Morgan fingerprint density at radius 2 is 1.74 bits per heavy atom. The molecule has 0 atom stereocenters. The number of ether oxygens (including phenoxy) is 3. The second-order valence-corrected chi connectivity index (χ2v) is 4.43. The highest BCUT2D eigenvalue weighted by molar-refractivity contribution is 5.38. The van der Waals surface area contributed by atoms with E-state index < -0.39 is 0 Å². The number of aromatic hydroxyl groups is 1. The van der Waals surface area contributed by atoms with Gasteiger partial charge in [0, 0.05) is 0 Å². The van der Waals surface area contributed by atoms with Gasteiger partial charge < -0.3 is 19.3 Å². The summed E-state index contributed by atoms with van der Waals surface area (Å²) < 4.78 is 15.3. The van der Waals surface area contributed by atoms with Gasteiger partial charge in [0.15, 0.2) is 0 Å². The predicted molar refractivity (Wildman–Crippen MR) is 91.8 cm³/mol. The maximum atomic E-state index is 9.15. The molecule has 0 aliphatic carbocycles. The van der Waals surface area contributed by atoms with E-state index in [1.54, 1.807) is 18.2 Å². The molecule has 23 heavy (non-hydrogen) atoms. The Morgan fingerprint density at radius 1 is 1.00 bits per heavy atom. The standard InChI is InChI=1S/C11H14O3.C8H8O/c1-3-13-6-7-14-11-5-4-10(12)8-9(11)2;1-2-9-8-6-4-3-5-7-8/h3-5,8,12H,1,6-7H2,2H3;2-7H,1H2. The highest BCUT2D eigenvalue weighted by atomic mass is 16.5. The van der Waals surface area contributed by atoms with E-state index in [2.05, 4.69) is 13.2 Å². The van der Waals surface area contributed by atoms with Gasteiger partial charge in [-0.15, -0.1) is 0 Å². The van der Waals surface area contributed by atoms with Crippen LogP contribution in [0.2, 0.25) is 0 Å². The lowest BCUT2D eigenvalue weighted by Crippen LogP contribution is -2.04. The zero-order chi connectivity index (χ0) is 16.9. The van der Waals surface area contributed by atoms with Gasteiger partial charge in [0.25, 0.3) is 0 Å². The van der Waals surface area contributed by atoms with Crippen molar-refractivity contribution in [1.29, 1.82) is 0 Å². The van der Waals surface area contributed by atoms with Crippen molar-refractivity contribution in [3.8, 4) is 17.2 Å². The van der Waals surface area contributed by atoms with Crippen LogP contribution in [0.4, 0.5) is 0 Å². The number of hydrogen-bond donors (Lipinski definition) is 1. The molecule has 0 unspecified atom stereocenters. The molecule has 0 spiro atoms. The minimum Gasteiger partial charge on any atom is -0.508 e. The number of aryl methyl sites for hydroxylation is 1. The molecule has 2 aromatic carbocycles. The topological polar surface area (TPSA) is 47.9 Å². The molecular weight excluding hydrogens is 292 g/mol. The first-order valence-electron chi connectivity index (χ1n) is 7.15. The van der Waals surface area contributed by atoms with E-state index in [1.807, 2.05) is 37.3 Å². The molecule has 1 N–H and O–H groups in total. The van der Waals surface area contributed by atoms with Gasteiger partial charge in [0.2, 0.25) is 0 Å². The number of para-hydroxylation sites is 1. The van der Waals surface area contributed by atoms with Crippen molar-refractivity contribution in [3.63, 3.8) is 0 Å². The molecule has 0 saturated heterocycles. The number of phenols is 1. The lowest BCUT2D eigenvalue weighted by Gasteiger charge is -2.08. The van der Waals surface area contributed by atoms with Gasteiger partial charge in [0.1, 0.15) is 30.5 Å². The summed E-state index contributed by atoms with van der Waals surface area (Å²) in [5, 5.41) is 9.15. The van der Waals surface area contributed by atoms with Gasteiger partial charge in [-0.05, 0) is 42.8 Å². The largest absolute Gasteiger partial charge is 0.508 e. The number of hydrogen-bond acceptors (Lipinski definition) is 4. The molecule has 4 nitrogen and oxygen atoms in total. The quantitative estimate of drug-likeness (QED) is 0.606. The van der Waals surface area contributed by atoms with E-state index in [9.17, 15) is 0 Å². The fraction of sp³-hybridized carbons (Fsp3) is 0.158. The first-order valence-corrected chi connectivity index (χ1v) is 7.15. The Kier molecular flexibility index (Phi) is 8.52. The average molecular weight is 314 g/mol. The molecule has 0 aliphatic heterocycles. The van der Waals surface area contributed by atoms with Crippen molar-refractivity contribution in [2.24, 2.45) is 0 Å². The van der Waals surface area contributed by atoms with Crippen molar-refractivity contribution in [2.75, 3.05) is 13.2 Å². The van der Waals surface area contributed by atoms with E-state index in [0.717, 1.165) is 17.1 Å². The summed E-state index contributed by atoms with van der Waals surface area (Å²) >= 11 is 0. The Bertz CT molecular complexity index is 594. The third-order valence-corrected chi connectivity index (χ3v) is 2.70. The zero-order valence-corrected chi connectivity index (χ0v) is 13.3. The maximum Gasteiger partial charge on any atom is 0.126 e. The summed E-state index contributed by atoms with van der Waals surface area (Å²) in [7, 11) is 0. The average Bonchev–Trinajstić information content (AvgIpc) is 2.55. The van der Waals surface area contributed by atoms with Crippen LogP contribution >= 0.6 is 0 Å². The van der Waals surface area contributed by atoms with Crippen LogP contribution < -0.4 is 9.47 Å². The molecule has 0 aromatic heterocycles. The molecular formula is C19H22O4. The van der Waals surface area contributed by atoms with Crippen LogP contribution in [0.5, 0.6) is 17.2 Å². The van der Waals surface area contributed by atoms with Crippen molar-refractivity contribution in [3.05, 3.63) is 79.8 Å². The van der Waals surface area contributed by atoms with Crippen molar-refractivity contribution >= 4 is 0 Å². The third kappa shape index (κ3) is 7.62. The van der Waals surface area contributed by atoms with Crippen LogP contribution in [0.15, 0.2) is 74.2 Å². The van der Waals surface area contributed by atoms with Gasteiger partial charge in [-0.3, -0.25) is 0 Å². The predicted octanol–water partition coefficient (Wildman–Crippen LogP) is 4.45. The summed E-state index contributed by atoms with van der Waals surface area (Å²) in [4.78, 5) is 0. The second-order valence-electron chi connectivity index (χ2n) is 4.43. The third-order valence-electron chi connectivity index (χ3n) is 2.70. The Labute approximate surface area is 137 Å². The Balaban J connectivity index is 0.000000253. The van der Waals surface area contributed by atoms with Crippen LogP contribution in [0, 0.1) is 6.92 Å². The lowest BCUT2D eigenvalue weighted by atomic mass is 10.2. The Hall–Kier alpha value is -2.88. The molecule has 0 amide bonds. The van der Waals surface area contributed by atoms with E-state index in [1.165, 1.54) is 12.5 Å². The maximum absolute atomic E-state index is 9.15. The normalized spacial score (nSPS) is 9.09. The van der Waals surface area contributed by atoms with Crippen molar-refractivity contribution in [2.45, 2.75) is 6.92 Å². The molecule has 0 fully saturated rings. The van der Waals surface area contributed by atoms with Gasteiger partial charge in [0.05, 0.1) is 12.5 Å². The van der Waals surface area contributed by atoms with Gasteiger partial charge in [-0.25, -0.2) is 0 Å². The van der Waals surface area contributed by atoms with Crippen LogP contribution in [-0.4, -0.2) is 18.3 Å². The zero-order valence-electron chi connectivity index (χ0n) is 13.3. The molecule has 4 heteroatoms. The second kappa shape index (κ2) is 10.8. The SMILES string of the molecule is C=COCCOc1ccc(O)cc1C.C=COc1ccccc1. The Morgan fingerprint density at radius 3 is 2.35 bits per heavy atom. The monoisotopic (exact) mass is 314 g/mol. The number of phenolic OH excluding ortho intramolecular Hbond substituents is 1. The fourth-order valence-electron chi connectivity index (χ4n) is 1.67. The summed E-state index contributed by atoms with van der Waals surface area (Å²) in [5.74, 6) is 1.83. The van der Waals surface area contributed by atoms with E-state index in [0.29, 0.717) is 13.2 Å². The summed E-state index contributed by atoms with van der Waals surface area (Å²) in [6.45, 7) is 9.68. The molecule has 0 aliphatic rings. The molecule has 0 saturated carbocycles. The first-order chi connectivity index (χ1) is 11.2. The molecule has 2 rings (SSSR count). The molecule has 0 heterocycles. The van der Waals surface area contributed by atoms with Gasteiger partial charge in [-0.1, -0.05) is 31.4 Å². The van der Waals surface area contributed by atoms with E-state index in [4.69, 9.17) is 19.3 Å². The van der Waals surface area contributed by atoms with Gasteiger partial charge >= 0.3 is 0 Å². The van der Waals surface area contributed by atoms with Crippen molar-refractivity contribution in [1.82, 2.24) is 0 Å². The minimum absolute atomic E-state index is 0.247. The fourth-order valence-corrected chi connectivity index (χ4v) is 1.67. The highest BCUT2D eigenvalue weighted by Crippen LogP contribution is 2.22. The lowest BCUT2D eigenvalue weighted by molar-refractivity contribution is 0.179. The molecule has 122 valence electrons. The highest BCUT2D eigenvalue weighted by Gasteiger charge is 1.99. The van der Waals surface area contributed by atoms with Crippen LogP contribution in [0.25, 0.3) is 0 Å². The smallest absolute Gasteiger partial charge is 0.126 e. The molecule has 0 radical (unpaired) electrons. The van der Waals surface area contributed by atoms with Crippen LogP contribution in [0.3, 0.4) is 0 Å². The number of rotatable bonds is 7. The van der Waals surface area contributed by atoms with E-state index >= 15 is 0 Å². The van der Waals surface area contributed by atoms with Crippen LogP contribution in [0.1, 0.15) is 5.56 Å². The molecule has 0 bridgehead atoms. The van der Waals surface area contributed by atoms with Crippen LogP contribution in [-0.2, 0) is 4.74 Å². The van der Waals surface area contributed by atoms with E-state index in [-0.39, 0.29) is 5.75 Å². The minimum atomic E-state index is 0.247. The molecule has 2 aromatic rings. The first kappa shape index (κ1) is 18.2. The summed E-state index contributed by atoms with van der Waals surface area (Å²) in [6.07, 6.45) is 2.79. The summed E-state index contributed by atoms with van der Waals surface area (Å²) in [5.41, 5.74) is 0.906. The summed E-state index contributed by atoms with van der Waals surface area (Å²) in [6, 6.07) is 14.5. The van der Waals surface area contributed by atoms with Gasteiger partial charge in [-0.2, -0.15) is 0 Å². The van der Waals surface area contributed by atoms with Crippen molar-refractivity contribution < 1.29 is 19.3 Å².